The second-order valence-corrected chi connectivity index (χ2v) is 17.2. The van der Waals surface area contributed by atoms with Crippen molar-refractivity contribution in [2.45, 2.75) is 214 Å². The Morgan fingerprint density at radius 3 is 1.40 bits per heavy atom. The molecule has 0 radical (unpaired) electrons. The molecule has 1 amide bonds. The smallest absolute Gasteiger partial charge is 0.308 e. The van der Waals surface area contributed by atoms with Crippen molar-refractivity contribution in [2.75, 3.05) is 65.9 Å². The number of carbonyl (C=O) groups excluding carboxylic acids is 4. The van der Waals surface area contributed by atoms with Gasteiger partial charge in [0.15, 0.2) is 0 Å². The van der Waals surface area contributed by atoms with Gasteiger partial charge >= 0.3 is 17.9 Å². The van der Waals surface area contributed by atoms with Crippen LogP contribution in [0, 0.1) is 11.8 Å². The largest absolute Gasteiger partial charge is 0.466 e. The van der Waals surface area contributed by atoms with Crippen molar-refractivity contribution in [1.82, 2.24) is 10.2 Å². The molecule has 1 heterocycles. The summed E-state index contributed by atoms with van der Waals surface area (Å²) >= 11 is 0. The molecule has 352 valence electrons. The van der Waals surface area contributed by atoms with E-state index in [9.17, 15) is 19.2 Å². The van der Waals surface area contributed by atoms with Crippen LogP contribution in [0.4, 0.5) is 0 Å². The van der Waals surface area contributed by atoms with Gasteiger partial charge in [-0.3, -0.25) is 19.2 Å². The average molecular weight is 853 g/mol. The lowest BCUT2D eigenvalue weighted by Gasteiger charge is -2.19. The topological polar surface area (TPSA) is 130 Å². The molecule has 0 aromatic carbocycles. The van der Waals surface area contributed by atoms with Crippen LogP contribution in [0.1, 0.15) is 207 Å². The molecular weight excluding hydrogens is 761 g/mol. The number of hydrogen-bond donors (Lipinski definition) is 1. The second-order valence-electron chi connectivity index (χ2n) is 17.2. The van der Waals surface area contributed by atoms with E-state index < -0.39 is 0 Å². The van der Waals surface area contributed by atoms with Gasteiger partial charge in [0, 0.05) is 26.2 Å². The molecule has 2 atom stereocenters. The summed E-state index contributed by atoms with van der Waals surface area (Å²) in [5, 5.41) is 3.08. The van der Waals surface area contributed by atoms with Gasteiger partial charge in [0.1, 0.15) is 0 Å². The van der Waals surface area contributed by atoms with Crippen LogP contribution in [0.2, 0.25) is 0 Å². The first-order chi connectivity index (χ1) is 29.3. The Hall–Kier alpha value is -2.24. The summed E-state index contributed by atoms with van der Waals surface area (Å²) in [5.41, 5.74) is 0. The molecule has 1 rings (SSSR count). The predicted octanol–water partition coefficient (Wildman–Crippen LogP) is 10.7. The minimum atomic E-state index is -0.315. The lowest BCUT2D eigenvalue weighted by atomic mass is 9.94. The Morgan fingerprint density at radius 1 is 0.483 bits per heavy atom. The molecule has 1 fully saturated rings. The average Bonchev–Trinajstić information content (AvgIpc) is 3.77. The van der Waals surface area contributed by atoms with Gasteiger partial charge in [-0.15, -0.1) is 0 Å². The molecule has 0 saturated carbocycles. The van der Waals surface area contributed by atoms with Gasteiger partial charge in [-0.2, -0.15) is 0 Å². The molecule has 60 heavy (non-hydrogen) atoms. The fraction of sp³-hybridized carbons (Fsp3) is 0.918. The molecule has 2 unspecified atom stereocenters. The Balaban J connectivity index is 2.47. The molecule has 0 aromatic rings. The third-order valence-electron chi connectivity index (χ3n) is 11.5. The Morgan fingerprint density at radius 2 is 0.917 bits per heavy atom. The summed E-state index contributed by atoms with van der Waals surface area (Å²) in [6.45, 7) is 14.4. The third kappa shape index (κ3) is 32.5. The van der Waals surface area contributed by atoms with E-state index in [0.29, 0.717) is 71.9 Å². The highest BCUT2D eigenvalue weighted by Gasteiger charge is 2.21. The van der Waals surface area contributed by atoms with E-state index in [4.69, 9.17) is 23.7 Å². The molecule has 1 aliphatic heterocycles. The van der Waals surface area contributed by atoms with Crippen LogP contribution in [-0.4, -0.2) is 101 Å². The molecule has 11 nitrogen and oxygen atoms in total. The molecular formula is C49H92N2O9. The summed E-state index contributed by atoms with van der Waals surface area (Å²) in [5.74, 6) is -0.369. The summed E-state index contributed by atoms with van der Waals surface area (Å²) in [6.07, 6.45) is 27.1. The van der Waals surface area contributed by atoms with Gasteiger partial charge in [-0.05, 0) is 90.1 Å². The summed E-state index contributed by atoms with van der Waals surface area (Å²) in [7, 11) is 0. The zero-order chi connectivity index (χ0) is 43.7. The van der Waals surface area contributed by atoms with Crippen LogP contribution in [0.5, 0.6) is 0 Å². The van der Waals surface area contributed by atoms with Gasteiger partial charge < -0.3 is 33.9 Å². The highest BCUT2D eigenvalue weighted by molar-refractivity contribution is 5.76. The lowest BCUT2D eigenvalue weighted by Crippen LogP contribution is -2.41. The molecule has 0 aromatic heterocycles. The maximum atomic E-state index is 12.9. The number of unbranched alkanes of at least 4 members (excludes halogenated alkanes) is 13. The van der Waals surface area contributed by atoms with Gasteiger partial charge in [0.25, 0.3) is 0 Å². The zero-order valence-electron chi connectivity index (χ0n) is 39.2. The quantitative estimate of drug-likeness (QED) is 0.0359. The summed E-state index contributed by atoms with van der Waals surface area (Å²) in [4.78, 5) is 53.1. The van der Waals surface area contributed by atoms with Gasteiger partial charge in [-0.25, -0.2) is 0 Å². The minimum absolute atomic E-state index is 0.000311. The van der Waals surface area contributed by atoms with Crippen molar-refractivity contribution < 1.29 is 42.9 Å². The van der Waals surface area contributed by atoms with E-state index in [1.807, 2.05) is 0 Å². The van der Waals surface area contributed by atoms with Gasteiger partial charge in [0.2, 0.25) is 5.91 Å². The van der Waals surface area contributed by atoms with Crippen molar-refractivity contribution in [1.29, 1.82) is 0 Å². The van der Waals surface area contributed by atoms with E-state index >= 15 is 0 Å². The van der Waals surface area contributed by atoms with Crippen molar-refractivity contribution in [3.05, 3.63) is 0 Å². The number of rotatable bonds is 43. The maximum Gasteiger partial charge on any atom is 0.308 e. The van der Waals surface area contributed by atoms with E-state index in [0.717, 1.165) is 103 Å². The summed E-state index contributed by atoms with van der Waals surface area (Å²) < 4.78 is 28.8. The lowest BCUT2D eigenvalue weighted by molar-refractivity contribution is -0.150. The number of ether oxygens (including phenoxy) is 5. The van der Waals surface area contributed by atoms with E-state index in [1.54, 1.807) is 0 Å². The number of amides is 1. The van der Waals surface area contributed by atoms with Crippen LogP contribution in [0.3, 0.4) is 0 Å². The monoisotopic (exact) mass is 853 g/mol. The zero-order valence-corrected chi connectivity index (χ0v) is 39.2. The molecule has 0 spiro atoms. The highest BCUT2D eigenvalue weighted by atomic mass is 16.5. The fourth-order valence-corrected chi connectivity index (χ4v) is 7.64. The number of nitrogens with zero attached hydrogens (tertiary/aromatic N) is 1. The second kappa shape index (κ2) is 40.8. The van der Waals surface area contributed by atoms with Gasteiger partial charge in [0.05, 0.1) is 57.3 Å². The van der Waals surface area contributed by atoms with Gasteiger partial charge in [-0.1, -0.05) is 118 Å². The van der Waals surface area contributed by atoms with E-state index in [2.05, 4.69) is 37.9 Å². The first-order valence-electron chi connectivity index (χ1n) is 25.0. The Kier molecular flexibility index (Phi) is 37.9. The SMILES string of the molecule is CCCCCCC(CCCC)C(=O)OCCCCOCC(COCCCCOC(=O)C(CCCCCC)CCCCCC)NC(=O)CCCCOC(=O)CCN1CCCC1. The Labute approximate surface area is 367 Å². The molecule has 1 N–H and O–H groups in total. The van der Waals surface area contributed by atoms with Crippen LogP contribution in [0.25, 0.3) is 0 Å². The van der Waals surface area contributed by atoms with E-state index in [1.165, 1.54) is 70.6 Å². The first kappa shape index (κ1) is 55.8. The summed E-state index contributed by atoms with van der Waals surface area (Å²) in [6, 6.07) is -0.315. The highest BCUT2D eigenvalue weighted by Crippen LogP contribution is 2.21. The third-order valence-corrected chi connectivity index (χ3v) is 11.5. The van der Waals surface area contributed by atoms with Crippen LogP contribution in [-0.2, 0) is 42.9 Å². The van der Waals surface area contributed by atoms with Crippen LogP contribution < -0.4 is 5.32 Å². The standard InChI is InChI=1S/C49H92N2O9/c1-5-9-13-16-28-43(27-12-8-4)48(54)59-39-25-23-36-56-41-45(50-46(52)31-19-22-38-58-47(53)32-35-51-33-20-21-34-51)42-57-37-24-26-40-60-49(55)44(29-17-14-10-6-2)30-18-15-11-7-3/h43-45H,5-42H2,1-4H3,(H,50,52). The number of carbonyl (C=O) groups is 4. The first-order valence-corrected chi connectivity index (χ1v) is 25.0. The predicted molar refractivity (Wildman–Crippen MR) is 242 cm³/mol. The van der Waals surface area contributed by atoms with Crippen LogP contribution in [0.15, 0.2) is 0 Å². The molecule has 1 saturated heterocycles. The molecule has 0 aliphatic carbocycles. The number of nitrogens with one attached hydrogen (secondary N) is 1. The Bertz CT molecular complexity index is 1030. The minimum Gasteiger partial charge on any atom is -0.466 e. The maximum absolute atomic E-state index is 12.9. The molecule has 0 bridgehead atoms. The number of likely N-dealkylation sites (tertiary alicyclic amines) is 1. The number of hydrogen-bond acceptors (Lipinski definition) is 10. The van der Waals surface area contributed by atoms with Crippen molar-refractivity contribution in [3.63, 3.8) is 0 Å². The van der Waals surface area contributed by atoms with Crippen molar-refractivity contribution in [2.24, 2.45) is 11.8 Å². The van der Waals surface area contributed by atoms with Crippen LogP contribution >= 0.6 is 0 Å². The van der Waals surface area contributed by atoms with E-state index in [-0.39, 0.29) is 41.7 Å². The normalized spacial score (nSPS) is 14.0. The molecule has 1 aliphatic rings. The fourth-order valence-electron chi connectivity index (χ4n) is 7.64. The molecule has 11 heteroatoms. The van der Waals surface area contributed by atoms with Crippen molar-refractivity contribution >= 4 is 23.8 Å². The number of esters is 3. The van der Waals surface area contributed by atoms with Crippen molar-refractivity contribution in [3.8, 4) is 0 Å².